The second-order valence-corrected chi connectivity index (χ2v) is 7.94. The Morgan fingerprint density at radius 3 is 2.46 bits per heavy atom. The molecule has 28 heavy (non-hydrogen) atoms. The van der Waals surface area contributed by atoms with Crippen LogP contribution in [0.4, 0.5) is 0 Å². The Hall–Kier alpha value is -2.05. The van der Waals surface area contributed by atoms with E-state index in [4.69, 9.17) is 16.3 Å². The zero-order valence-electron chi connectivity index (χ0n) is 15.6. The van der Waals surface area contributed by atoms with Crippen molar-refractivity contribution in [3.05, 3.63) is 63.1 Å². The molecule has 1 aliphatic heterocycles. The topological polar surface area (TPSA) is 58.6 Å². The third kappa shape index (κ3) is 5.06. The molecule has 0 aliphatic carbocycles. The summed E-state index contributed by atoms with van der Waals surface area (Å²) in [5, 5.41) is 3.44. The van der Waals surface area contributed by atoms with Crippen LogP contribution in [0, 0.1) is 0 Å². The van der Waals surface area contributed by atoms with Crippen molar-refractivity contribution >= 4 is 39.3 Å². The fourth-order valence-electron chi connectivity index (χ4n) is 3.21. The van der Waals surface area contributed by atoms with Gasteiger partial charge in [-0.2, -0.15) is 0 Å². The van der Waals surface area contributed by atoms with E-state index in [1.807, 2.05) is 24.0 Å². The lowest BCUT2D eigenvalue weighted by Crippen LogP contribution is -2.46. The first-order chi connectivity index (χ1) is 13.5. The molecule has 0 unspecified atom stereocenters. The molecule has 1 N–H and O–H groups in total. The van der Waals surface area contributed by atoms with Crippen LogP contribution in [0.1, 0.15) is 40.5 Å². The van der Waals surface area contributed by atoms with Crippen LogP contribution in [0.25, 0.3) is 0 Å². The van der Waals surface area contributed by atoms with E-state index in [1.165, 1.54) is 0 Å². The van der Waals surface area contributed by atoms with Gasteiger partial charge in [0.1, 0.15) is 5.75 Å². The summed E-state index contributed by atoms with van der Waals surface area (Å²) in [5.74, 6) is 0.574. The van der Waals surface area contributed by atoms with Crippen LogP contribution in [0.2, 0.25) is 5.02 Å². The molecule has 1 heterocycles. The highest BCUT2D eigenvalue weighted by Crippen LogP contribution is 2.22. The number of nitrogens with zero attached hydrogens (tertiary/aromatic N) is 1. The molecule has 0 spiro atoms. The number of ether oxygens (including phenoxy) is 1. The molecule has 0 saturated carbocycles. The Morgan fingerprint density at radius 2 is 1.86 bits per heavy atom. The minimum absolute atomic E-state index is 0.00350. The standard InChI is InChI=1S/C21H22BrClN2O3/c1-2-28-17-6-3-14(4-7-17)21(27)25-11-9-16(10-12-25)24-20(26)18-8-5-15(22)13-19(18)23/h3-8,13,16H,2,9-12H2,1H3,(H,24,26). The van der Waals surface area contributed by atoms with Crippen molar-refractivity contribution < 1.29 is 14.3 Å². The molecule has 1 saturated heterocycles. The second-order valence-electron chi connectivity index (χ2n) is 6.62. The summed E-state index contributed by atoms with van der Waals surface area (Å²) in [5.41, 5.74) is 1.10. The van der Waals surface area contributed by atoms with E-state index >= 15 is 0 Å². The molecule has 1 fully saturated rings. The number of hydrogen-bond acceptors (Lipinski definition) is 3. The maximum absolute atomic E-state index is 12.7. The first-order valence-electron chi connectivity index (χ1n) is 9.26. The molecular formula is C21H22BrClN2O3. The molecule has 2 aromatic rings. The fraction of sp³-hybridized carbons (Fsp3) is 0.333. The van der Waals surface area contributed by atoms with Gasteiger partial charge in [-0.05, 0) is 62.2 Å². The summed E-state index contributed by atoms with van der Waals surface area (Å²) in [6, 6.07) is 12.4. The third-order valence-corrected chi connectivity index (χ3v) is 5.51. The van der Waals surface area contributed by atoms with Crippen molar-refractivity contribution in [2.75, 3.05) is 19.7 Å². The van der Waals surface area contributed by atoms with Crippen LogP contribution < -0.4 is 10.1 Å². The van der Waals surface area contributed by atoms with E-state index < -0.39 is 0 Å². The Kier molecular flexibility index (Phi) is 6.97. The SMILES string of the molecule is CCOc1ccc(C(=O)N2CCC(NC(=O)c3ccc(Br)cc3Cl)CC2)cc1. The van der Waals surface area contributed by atoms with E-state index in [0.717, 1.165) is 10.2 Å². The van der Waals surface area contributed by atoms with E-state index in [9.17, 15) is 9.59 Å². The van der Waals surface area contributed by atoms with Crippen LogP contribution >= 0.6 is 27.5 Å². The van der Waals surface area contributed by atoms with Gasteiger partial charge in [0.25, 0.3) is 11.8 Å². The van der Waals surface area contributed by atoms with E-state index in [1.54, 1.807) is 30.3 Å². The molecule has 5 nitrogen and oxygen atoms in total. The molecule has 0 radical (unpaired) electrons. The first-order valence-corrected chi connectivity index (χ1v) is 10.4. The van der Waals surface area contributed by atoms with Crippen LogP contribution in [0.3, 0.4) is 0 Å². The van der Waals surface area contributed by atoms with Gasteiger partial charge in [0.2, 0.25) is 0 Å². The predicted molar refractivity (Wildman–Crippen MR) is 113 cm³/mol. The first kappa shape index (κ1) is 20.7. The smallest absolute Gasteiger partial charge is 0.253 e. The monoisotopic (exact) mass is 464 g/mol. The van der Waals surface area contributed by atoms with E-state index in [-0.39, 0.29) is 17.9 Å². The molecule has 1 aliphatic rings. The summed E-state index contributed by atoms with van der Waals surface area (Å²) < 4.78 is 6.24. The number of carbonyl (C=O) groups is 2. The maximum Gasteiger partial charge on any atom is 0.253 e. The Balaban J connectivity index is 1.53. The van der Waals surface area contributed by atoms with Crippen molar-refractivity contribution in [2.24, 2.45) is 0 Å². The van der Waals surface area contributed by atoms with Crippen LogP contribution in [-0.4, -0.2) is 42.5 Å². The summed E-state index contributed by atoms with van der Waals surface area (Å²) >= 11 is 9.49. The third-order valence-electron chi connectivity index (χ3n) is 4.71. The fourth-order valence-corrected chi connectivity index (χ4v) is 3.97. The Morgan fingerprint density at radius 1 is 1.18 bits per heavy atom. The summed E-state index contributed by atoms with van der Waals surface area (Å²) in [4.78, 5) is 27.0. The number of nitrogens with one attached hydrogen (secondary N) is 1. The van der Waals surface area contributed by atoms with Gasteiger partial charge in [0, 0.05) is 29.2 Å². The molecule has 0 aromatic heterocycles. The Labute approximate surface area is 178 Å². The number of benzene rings is 2. The van der Waals surface area contributed by atoms with Gasteiger partial charge >= 0.3 is 0 Å². The van der Waals surface area contributed by atoms with Gasteiger partial charge in [-0.1, -0.05) is 27.5 Å². The maximum atomic E-state index is 12.7. The number of piperidine rings is 1. The molecule has 0 bridgehead atoms. The lowest BCUT2D eigenvalue weighted by molar-refractivity contribution is 0.0698. The number of carbonyl (C=O) groups excluding carboxylic acids is 2. The van der Waals surface area contributed by atoms with Crippen molar-refractivity contribution in [1.29, 1.82) is 0 Å². The molecule has 7 heteroatoms. The van der Waals surface area contributed by atoms with Crippen LogP contribution in [-0.2, 0) is 0 Å². The van der Waals surface area contributed by atoms with Crippen LogP contribution in [0.15, 0.2) is 46.9 Å². The molecule has 2 amide bonds. The second kappa shape index (κ2) is 9.43. The van der Waals surface area contributed by atoms with E-state index in [0.29, 0.717) is 48.7 Å². The van der Waals surface area contributed by atoms with Crippen LogP contribution in [0.5, 0.6) is 5.75 Å². The zero-order chi connectivity index (χ0) is 20.1. The molecule has 0 atom stereocenters. The van der Waals surface area contributed by atoms with Gasteiger partial charge < -0.3 is 15.0 Å². The van der Waals surface area contributed by atoms with Crippen molar-refractivity contribution in [3.8, 4) is 5.75 Å². The normalized spacial score (nSPS) is 14.6. The van der Waals surface area contributed by atoms with Crippen molar-refractivity contribution in [2.45, 2.75) is 25.8 Å². The number of rotatable bonds is 5. The highest BCUT2D eigenvalue weighted by Gasteiger charge is 2.25. The lowest BCUT2D eigenvalue weighted by Gasteiger charge is -2.32. The van der Waals surface area contributed by atoms with Gasteiger partial charge in [-0.25, -0.2) is 0 Å². The highest BCUT2D eigenvalue weighted by molar-refractivity contribution is 9.10. The van der Waals surface area contributed by atoms with Crippen molar-refractivity contribution in [3.63, 3.8) is 0 Å². The number of halogens is 2. The minimum Gasteiger partial charge on any atom is -0.494 e. The van der Waals surface area contributed by atoms with E-state index in [2.05, 4.69) is 21.2 Å². The van der Waals surface area contributed by atoms with Gasteiger partial charge in [0.15, 0.2) is 0 Å². The minimum atomic E-state index is -0.186. The summed E-state index contributed by atoms with van der Waals surface area (Å²) in [7, 11) is 0. The van der Waals surface area contributed by atoms with Gasteiger partial charge in [-0.15, -0.1) is 0 Å². The predicted octanol–water partition coefficient (Wildman–Crippen LogP) is 4.54. The average Bonchev–Trinajstić information content (AvgIpc) is 2.69. The Bertz CT molecular complexity index is 849. The zero-order valence-corrected chi connectivity index (χ0v) is 17.9. The number of likely N-dealkylation sites (tertiary alicyclic amines) is 1. The molecular weight excluding hydrogens is 444 g/mol. The molecule has 3 rings (SSSR count). The van der Waals surface area contributed by atoms with Gasteiger partial charge in [-0.3, -0.25) is 9.59 Å². The molecule has 2 aromatic carbocycles. The van der Waals surface area contributed by atoms with Crippen molar-refractivity contribution in [1.82, 2.24) is 10.2 Å². The largest absolute Gasteiger partial charge is 0.494 e. The molecule has 148 valence electrons. The lowest BCUT2D eigenvalue weighted by atomic mass is 10.0. The highest BCUT2D eigenvalue weighted by atomic mass is 79.9. The number of amides is 2. The number of hydrogen-bond donors (Lipinski definition) is 1. The quantitative estimate of drug-likeness (QED) is 0.705. The summed E-state index contributed by atoms with van der Waals surface area (Å²) in [6.07, 6.45) is 1.42. The summed E-state index contributed by atoms with van der Waals surface area (Å²) in [6.45, 7) is 3.72. The average molecular weight is 466 g/mol. The van der Waals surface area contributed by atoms with Gasteiger partial charge in [0.05, 0.1) is 17.2 Å².